The molecule has 1 aromatic heterocycles. The number of halogens is 2. The second-order valence-electron chi connectivity index (χ2n) is 4.60. The smallest absolute Gasteiger partial charge is 0.273 e. The summed E-state index contributed by atoms with van der Waals surface area (Å²) < 4.78 is 26.0. The number of carbonyl (C=O) groups is 1. The lowest BCUT2D eigenvalue weighted by Crippen LogP contribution is -2.26. The molecule has 21 heavy (non-hydrogen) atoms. The van der Waals surface area contributed by atoms with Gasteiger partial charge in [-0.2, -0.15) is 5.10 Å². The Balaban J connectivity index is 1.93. The number of benzene rings is 1. The van der Waals surface area contributed by atoms with Crippen LogP contribution in [-0.2, 0) is 12.8 Å². The zero-order valence-corrected chi connectivity index (χ0v) is 11.5. The summed E-state index contributed by atoms with van der Waals surface area (Å²) >= 11 is 0. The van der Waals surface area contributed by atoms with Crippen molar-refractivity contribution in [3.8, 4) is 0 Å². The molecule has 0 unspecified atom stereocenters. The topological polar surface area (TPSA) is 83.8 Å². The van der Waals surface area contributed by atoms with E-state index in [-0.39, 0.29) is 12.2 Å². The number of rotatable bonds is 5. The van der Waals surface area contributed by atoms with Crippen molar-refractivity contribution < 1.29 is 13.6 Å². The van der Waals surface area contributed by atoms with E-state index in [2.05, 4.69) is 15.5 Å². The first kappa shape index (κ1) is 15.0. The highest BCUT2D eigenvalue weighted by molar-refractivity contribution is 5.97. The first-order valence-corrected chi connectivity index (χ1v) is 6.57. The number of hydrogen-bond acceptors (Lipinski definition) is 3. The number of H-pyrrole nitrogens is 1. The van der Waals surface area contributed by atoms with Crippen molar-refractivity contribution in [1.82, 2.24) is 15.5 Å². The molecular formula is C14H16F2N4O. The van der Waals surface area contributed by atoms with Gasteiger partial charge in [0.25, 0.3) is 5.91 Å². The normalized spacial score (nSPS) is 10.6. The minimum atomic E-state index is -0.638. The van der Waals surface area contributed by atoms with Crippen LogP contribution in [0.25, 0.3) is 0 Å². The summed E-state index contributed by atoms with van der Waals surface area (Å²) in [6.07, 6.45) is 0.958. The molecule has 0 radical (unpaired) electrons. The van der Waals surface area contributed by atoms with Crippen LogP contribution in [0.15, 0.2) is 18.2 Å². The Labute approximate surface area is 120 Å². The number of hydrogen-bond donors (Lipinski definition) is 3. The number of nitrogens with zero attached hydrogens (tertiary/aromatic N) is 1. The van der Waals surface area contributed by atoms with Gasteiger partial charge in [-0.15, -0.1) is 0 Å². The summed E-state index contributed by atoms with van der Waals surface area (Å²) in [6.45, 7) is 2.12. The quantitative estimate of drug-likeness (QED) is 0.786. The molecule has 4 N–H and O–H groups in total. The highest BCUT2D eigenvalue weighted by Gasteiger charge is 2.15. The van der Waals surface area contributed by atoms with Crippen molar-refractivity contribution in [2.75, 3.05) is 12.3 Å². The van der Waals surface area contributed by atoms with E-state index in [0.29, 0.717) is 29.8 Å². The lowest BCUT2D eigenvalue weighted by molar-refractivity contribution is 0.0950. The molecule has 0 bridgehead atoms. The zero-order valence-electron chi connectivity index (χ0n) is 11.5. The molecule has 1 amide bonds. The minimum Gasteiger partial charge on any atom is -0.395 e. The summed E-state index contributed by atoms with van der Waals surface area (Å²) in [4.78, 5) is 11.9. The maximum absolute atomic E-state index is 13.0. The number of aromatic nitrogens is 2. The molecule has 0 fully saturated rings. The van der Waals surface area contributed by atoms with Crippen molar-refractivity contribution in [3.63, 3.8) is 0 Å². The van der Waals surface area contributed by atoms with Crippen LogP contribution in [0.3, 0.4) is 0 Å². The Hall–Kier alpha value is -2.44. The number of aryl methyl sites for hydroxylation is 1. The SMILES string of the molecule is CCc1[nH]nc(C(=O)NCCc2cc(F)cc(F)c2)c1N. The molecule has 0 aliphatic carbocycles. The molecule has 0 spiro atoms. The number of carbonyl (C=O) groups excluding carboxylic acids is 1. The van der Waals surface area contributed by atoms with E-state index >= 15 is 0 Å². The Morgan fingerprint density at radius 1 is 1.33 bits per heavy atom. The molecule has 0 atom stereocenters. The van der Waals surface area contributed by atoms with Crippen LogP contribution in [0.5, 0.6) is 0 Å². The molecular weight excluding hydrogens is 278 g/mol. The predicted octanol–water partition coefficient (Wildman–Crippen LogP) is 1.80. The average Bonchev–Trinajstić information content (AvgIpc) is 2.78. The van der Waals surface area contributed by atoms with Gasteiger partial charge < -0.3 is 11.1 Å². The summed E-state index contributed by atoms with van der Waals surface area (Å²) in [5, 5.41) is 9.17. The number of aromatic amines is 1. The second kappa shape index (κ2) is 6.34. The van der Waals surface area contributed by atoms with Gasteiger partial charge in [-0.25, -0.2) is 8.78 Å². The molecule has 2 rings (SSSR count). The van der Waals surface area contributed by atoms with Crippen molar-refractivity contribution in [2.45, 2.75) is 19.8 Å². The fourth-order valence-electron chi connectivity index (χ4n) is 1.99. The summed E-state index contributed by atoms with van der Waals surface area (Å²) in [7, 11) is 0. The third-order valence-electron chi connectivity index (χ3n) is 3.07. The maximum Gasteiger partial charge on any atom is 0.273 e. The van der Waals surface area contributed by atoms with Crippen molar-refractivity contribution in [1.29, 1.82) is 0 Å². The highest BCUT2D eigenvalue weighted by Crippen LogP contribution is 2.14. The largest absolute Gasteiger partial charge is 0.395 e. The molecule has 0 aliphatic rings. The first-order valence-electron chi connectivity index (χ1n) is 6.57. The summed E-state index contributed by atoms with van der Waals surface area (Å²) in [5.41, 5.74) is 7.42. The van der Waals surface area contributed by atoms with Gasteiger partial charge in [-0.05, 0) is 30.5 Å². The lowest BCUT2D eigenvalue weighted by atomic mass is 10.1. The van der Waals surface area contributed by atoms with Gasteiger partial charge in [0.1, 0.15) is 11.6 Å². The Kier molecular flexibility index (Phi) is 4.52. The van der Waals surface area contributed by atoms with E-state index < -0.39 is 17.5 Å². The molecule has 1 heterocycles. The average molecular weight is 294 g/mol. The molecule has 1 aromatic carbocycles. The summed E-state index contributed by atoms with van der Waals surface area (Å²) in [5.74, 6) is -1.69. The number of amides is 1. The van der Waals surface area contributed by atoms with E-state index in [1.54, 1.807) is 0 Å². The van der Waals surface area contributed by atoms with Gasteiger partial charge in [0.05, 0.1) is 11.4 Å². The molecule has 112 valence electrons. The Morgan fingerprint density at radius 3 is 2.57 bits per heavy atom. The second-order valence-corrected chi connectivity index (χ2v) is 4.60. The van der Waals surface area contributed by atoms with Crippen molar-refractivity contribution >= 4 is 11.6 Å². The number of nitrogens with two attached hydrogens (primary N) is 1. The van der Waals surface area contributed by atoms with Crippen LogP contribution in [0, 0.1) is 11.6 Å². The summed E-state index contributed by atoms with van der Waals surface area (Å²) in [6, 6.07) is 3.26. The molecule has 0 saturated heterocycles. The van der Waals surface area contributed by atoms with Gasteiger partial charge in [0.15, 0.2) is 5.69 Å². The molecule has 7 heteroatoms. The van der Waals surface area contributed by atoms with E-state index in [9.17, 15) is 13.6 Å². The molecule has 0 aliphatic heterocycles. The van der Waals surface area contributed by atoms with Crippen LogP contribution < -0.4 is 11.1 Å². The minimum absolute atomic E-state index is 0.136. The predicted molar refractivity (Wildman–Crippen MR) is 74.8 cm³/mol. The zero-order chi connectivity index (χ0) is 15.4. The van der Waals surface area contributed by atoms with E-state index in [1.807, 2.05) is 6.92 Å². The van der Waals surface area contributed by atoms with Crippen LogP contribution in [-0.4, -0.2) is 22.6 Å². The number of nitrogen functional groups attached to an aromatic ring is 1. The van der Waals surface area contributed by atoms with Crippen molar-refractivity contribution in [2.24, 2.45) is 0 Å². The first-order chi connectivity index (χ1) is 10.0. The van der Waals surface area contributed by atoms with Gasteiger partial charge in [0.2, 0.25) is 0 Å². The number of anilines is 1. The fourth-order valence-corrected chi connectivity index (χ4v) is 1.99. The monoisotopic (exact) mass is 294 g/mol. The van der Waals surface area contributed by atoms with Gasteiger partial charge in [-0.3, -0.25) is 9.89 Å². The van der Waals surface area contributed by atoms with Gasteiger partial charge >= 0.3 is 0 Å². The van der Waals surface area contributed by atoms with Crippen LogP contribution >= 0.6 is 0 Å². The molecule has 2 aromatic rings. The van der Waals surface area contributed by atoms with Gasteiger partial charge in [0, 0.05) is 12.6 Å². The number of nitrogens with one attached hydrogen (secondary N) is 2. The lowest BCUT2D eigenvalue weighted by Gasteiger charge is -2.05. The van der Waals surface area contributed by atoms with E-state index in [0.717, 1.165) is 6.07 Å². The van der Waals surface area contributed by atoms with Crippen LogP contribution in [0.2, 0.25) is 0 Å². The Morgan fingerprint density at radius 2 is 2.00 bits per heavy atom. The third-order valence-corrected chi connectivity index (χ3v) is 3.07. The van der Waals surface area contributed by atoms with Crippen LogP contribution in [0.4, 0.5) is 14.5 Å². The molecule has 0 saturated carbocycles. The Bertz CT molecular complexity index is 634. The van der Waals surface area contributed by atoms with Gasteiger partial charge in [-0.1, -0.05) is 6.92 Å². The third kappa shape index (κ3) is 3.56. The van der Waals surface area contributed by atoms with Crippen molar-refractivity contribution in [3.05, 3.63) is 46.8 Å². The van der Waals surface area contributed by atoms with E-state index in [4.69, 9.17) is 5.73 Å². The molecule has 5 nitrogen and oxygen atoms in total. The van der Waals surface area contributed by atoms with E-state index in [1.165, 1.54) is 12.1 Å². The van der Waals surface area contributed by atoms with Crippen LogP contribution in [0.1, 0.15) is 28.7 Å². The maximum atomic E-state index is 13.0. The standard InChI is InChI=1S/C14H16F2N4O/c1-2-11-12(17)13(20-19-11)14(21)18-4-3-8-5-9(15)7-10(16)6-8/h5-7H,2-4,17H2,1H3,(H,18,21)(H,19,20). The highest BCUT2D eigenvalue weighted by atomic mass is 19.1. The fraction of sp³-hybridized carbons (Fsp3) is 0.286.